The highest BCUT2D eigenvalue weighted by atomic mass is 19.3. The summed E-state index contributed by atoms with van der Waals surface area (Å²) in [4.78, 5) is 23.0. The fraction of sp³-hybridized carbons (Fsp3) is 0.846. The minimum Gasteiger partial charge on any atom is -0.467 e. The molecule has 0 saturated carbocycles. The third-order valence-electron chi connectivity index (χ3n) is 2.49. The molecule has 1 atom stereocenters. The number of halogens is 2. The Morgan fingerprint density at radius 3 is 2.20 bits per heavy atom. The van der Waals surface area contributed by atoms with Gasteiger partial charge in [-0.15, -0.1) is 0 Å². The summed E-state index contributed by atoms with van der Waals surface area (Å²) in [6.45, 7) is 6.33. The molecule has 20 heavy (non-hydrogen) atoms. The van der Waals surface area contributed by atoms with Gasteiger partial charge in [0.2, 0.25) is 5.92 Å². The number of hydrogen-bond donors (Lipinski definition) is 1. The van der Waals surface area contributed by atoms with Crippen LogP contribution in [0.5, 0.6) is 0 Å². The van der Waals surface area contributed by atoms with Crippen LogP contribution >= 0.6 is 0 Å². The summed E-state index contributed by atoms with van der Waals surface area (Å²) >= 11 is 0. The molecule has 0 unspecified atom stereocenters. The molecule has 1 amide bonds. The molecule has 0 aromatic rings. The predicted octanol–water partition coefficient (Wildman–Crippen LogP) is 2.88. The third kappa shape index (κ3) is 7.91. The fourth-order valence-electron chi connectivity index (χ4n) is 1.37. The van der Waals surface area contributed by atoms with Crippen LogP contribution in [0.2, 0.25) is 0 Å². The number of hydrogen-bond acceptors (Lipinski definition) is 4. The number of amides is 1. The van der Waals surface area contributed by atoms with E-state index in [1.807, 2.05) is 0 Å². The second-order valence-electron chi connectivity index (χ2n) is 5.47. The number of rotatable bonds is 6. The van der Waals surface area contributed by atoms with Gasteiger partial charge < -0.3 is 14.8 Å². The summed E-state index contributed by atoms with van der Waals surface area (Å²) in [5.41, 5.74) is -0.738. The maximum atomic E-state index is 13.2. The highest BCUT2D eigenvalue weighted by molar-refractivity contribution is 5.81. The molecule has 0 aliphatic rings. The first-order valence-electron chi connectivity index (χ1n) is 6.46. The van der Waals surface area contributed by atoms with Gasteiger partial charge in [0.25, 0.3) is 0 Å². The van der Waals surface area contributed by atoms with Gasteiger partial charge in [0.15, 0.2) is 0 Å². The number of ether oxygens (including phenoxy) is 2. The van der Waals surface area contributed by atoms with Crippen LogP contribution in [0, 0.1) is 0 Å². The zero-order valence-electron chi connectivity index (χ0n) is 12.6. The first-order chi connectivity index (χ1) is 9.00. The molecule has 0 saturated heterocycles. The zero-order valence-corrected chi connectivity index (χ0v) is 12.6. The van der Waals surface area contributed by atoms with Crippen LogP contribution in [0.1, 0.15) is 47.0 Å². The van der Waals surface area contributed by atoms with Gasteiger partial charge in [0.1, 0.15) is 11.6 Å². The lowest BCUT2D eigenvalue weighted by molar-refractivity contribution is -0.143. The fourth-order valence-corrected chi connectivity index (χ4v) is 1.37. The van der Waals surface area contributed by atoms with Crippen molar-refractivity contribution in [1.82, 2.24) is 5.32 Å². The van der Waals surface area contributed by atoms with Crippen molar-refractivity contribution >= 4 is 12.1 Å². The Bertz CT molecular complexity index is 340. The molecular weight excluding hydrogens is 272 g/mol. The molecule has 0 radical (unpaired) electrons. The lowest BCUT2D eigenvalue weighted by Crippen LogP contribution is -2.44. The van der Waals surface area contributed by atoms with E-state index >= 15 is 0 Å². The molecule has 0 aromatic heterocycles. The van der Waals surface area contributed by atoms with E-state index in [2.05, 4.69) is 10.1 Å². The Morgan fingerprint density at radius 2 is 1.80 bits per heavy atom. The minimum atomic E-state index is -2.87. The summed E-state index contributed by atoms with van der Waals surface area (Å²) < 4.78 is 35.9. The molecule has 0 aromatic carbocycles. The van der Waals surface area contributed by atoms with E-state index in [0.29, 0.717) is 0 Å². The second kappa shape index (κ2) is 7.40. The minimum absolute atomic E-state index is 0.216. The molecule has 7 heteroatoms. The Balaban J connectivity index is 4.59. The molecule has 0 heterocycles. The first kappa shape index (κ1) is 18.6. The van der Waals surface area contributed by atoms with Crippen molar-refractivity contribution in [2.24, 2.45) is 0 Å². The SMILES string of the molecule is CCC(F)(F)CC[C@H](NC(=O)OC(C)(C)C)C(=O)OC. The number of nitrogens with one attached hydrogen (secondary N) is 1. The number of methoxy groups -OCH3 is 1. The largest absolute Gasteiger partial charge is 0.467 e. The van der Waals surface area contributed by atoms with Crippen LogP contribution in [-0.2, 0) is 14.3 Å². The van der Waals surface area contributed by atoms with E-state index in [1.165, 1.54) is 6.92 Å². The summed E-state index contributed by atoms with van der Waals surface area (Å²) in [6.07, 6.45) is -1.90. The van der Waals surface area contributed by atoms with Gasteiger partial charge in [0.05, 0.1) is 7.11 Å². The molecule has 0 rings (SSSR count). The molecule has 1 N–H and O–H groups in total. The number of alkyl carbamates (subject to hydrolysis) is 1. The smallest absolute Gasteiger partial charge is 0.408 e. The van der Waals surface area contributed by atoms with Gasteiger partial charge in [0, 0.05) is 12.8 Å². The summed E-state index contributed by atoms with van der Waals surface area (Å²) in [5.74, 6) is -3.65. The molecule has 0 fully saturated rings. The number of alkyl halides is 2. The molecule has 0 bridgehead atoms. The van der Waals surface area contributed by atoms with Gasteiger partial charge in [-0.25, -0.2) is 18.4 Å². The average molecular weight is 295 g/mol. The van der Waals surface area contributed by atoms with E-state index in [4.69, 9.17) is 4.74 Å². The summed E-state index contributed by atoms with van der Waals surface area (Å²) in [6, 6.07) is -1.15. The van der Waals surface area contributed by atoms with Gasteiger partial charge in [-0.1, -0.05) is 6.92 Å². The van der Waals surface area contributed by atoms with Crippen molar-refractivity contribution in [2.45, 2.75) is 64.5 Å². The van der Waals surface area contributed by atoms with Crippen LogP contribution in [-0.4, -0.2) is 36.7 Å². The third-order valence-corrected chi connectivity index (χ3v) is 2.49. The highest BCUT2D eigenvalue weighted by Crippen LogP contribution is 2.25. The van der Waals surface area contributed by atoms with Crippen molar-refractivity contribution < 1.29 is 27.8 Å². The van der Waals surface area contributed by atoms with E-state index < -0.39 is 36.0 Å². The molecular formula is C13H23F2NO4. The summed E-state index contributed by atoms with van der Waals surface area (Å²) in [7, 11) is 1.13. The van der Waals surface area contributed by atoms with Crippen molar-refractivity contribution in [2.75, 3.05) is 7.11 Å². The van der Waals surface area contributed by atoms with Crippen molar-refractivity contribution in [3.63, 3.8) is 0 Å². The lowest BCUT2D eigenvalue weighted by Gasteiger charge is -2.23. The van der Waals surface area contributed by atoms with Gasteiger partial charge in [-0.05, 0) is 27.2 Å². The zero-order chi connectivity index (χ0) is 16.0. The van der Waals surface area contributed by atoms with Crippen molar-refractivity contribution in [3.8, 4) is 0 Å². The second-order valence-corrected chi connectivity index (χ2v) is 5.47. The quantitative estimate of drug-likeness (QED) is 0.765. The van der Waals surface area contributed by atoms with Crippen molar-refractivity contribution in [1.29, 1.82) is 0 Å². The Kier molecular flexibility index (Phi) is 6.88. The highest BCUT2D eigenvalue weighted by Gasteiger charge is 2.31. The average Bonchev–Trinajstić information content (AvgIpc) is 2.31. The Hall–Kier alpha value is -1.40. The lowest BCUT2D eigenvalue weighted by atomic mass is 10.1. The normalized spacial score (nSPS) is 13.6. The van der Waals surface area contributed by atoms with E-state index in [-0.39, 0.29) is 12.8 Å². The van der Waals surface area contributed by atoms with Crippen LogP contribution in [0.3, 0.4) is 0 Å². The maximum absolute atomic E-state index is 13.2. The molecule has 0 spiro atoms. The number of carbonyl (C=O) groups is 2. The summed E-state index contributed by atoms with van der Waals surface area (Å²) in [5, 5.41) is 2.25. The maximum Gasteiger partial charge on any atom is 0.408 e. The van der Waals surface area contributed by atoms with Crippen LogP contribution in [0.25, 0.3) is 0 Å². The van der Waals surface area contributed by atoms with Crippen LogP contribution < -0.4 is 5.32 Å². The first-order valence-corrected chi connectivity index (χ1v) is 6.46. The number of carbonyl (C=O) groups excluding carboxylic acids is 2. The Morgan fingerprint density at radius 1 is 1.25 bits per heavy atom. The van der Waals surface area contributed by atoms with Gasteiger partial charge in [-0.3, -0.25) is 0 Å². The van der Waals surface area contributed by atoms with E-state index in [9.17, 15) is 18.4 Å². The molecule has 118 valence electrons. The molecule has 0 aliphatic carbocycles. The number of esters is 1. The van der Waals surface area contributed by atoms with Gasteiger partial charge in [-0.2, -0.15) is 0 Å². The molecule has 5 nitrogen and oxygen atoms in total. The van der Waals surface area contributed by atoms with E-state index in [1.54, 1.807) is 20.8 Å². The van der Waals surface area contributed by atoms with Gasteiger partial charge >= 0.3 is 12.1 Å². The molecule has 0 aliphatic heterocycles. The topological polar surface area (TPSA) is 64.6 Å². The predicted molar refractivity (Wildman–Crippen MR) is 69.6 cm³/mol. The standard InChI is InChI=1S/C13H23F2NO4/c1-6-13(14,15)8-7-9(10(17)19-5)16-11(18)20-12(2,3)4/h9H,6-8H2,1-5H3,(H,16,18)/t9-/m0/s1. The van der Waals surface area contributed by atoms with Crippen LogP contribution in [0.4, 0.5) is 13.6 Å². The van der Waals surface area contributed by atoms with Crippen molar-refractivity contribution in [3.05, 3.63) is 0 Å². The monoisotopic (exact) mass is 295 g/mol. The van der Waals surface area contributed by atoms with E-state index in [0.717, 1.165) is 7.11 Å². The van der Waals surface area contributed by atoms with Crippen LogP contribution in [0.15, 0.2) is 0 Å². The Labute approximate surface area is 118 Å².